The van der Waals surface area contributed by atoms with Gasteiger partial charge in [0.15, 0.2) is 5.58 Å². The topological polar surface area (TPSA) is 75.8 Å². The van der Waals surface area contributed by atoms with Crippen LogP contribution in [-0.2, 0) is 4.79 Å². The van der Waals surface area contributed by atoms with Crippen LogP contribution < -0.4 is 5.76 Å². The lowest BCUT2D eigenvalue weighted by molar-refractivity contribution is -0.135. The zero-order valence-corrected chi connectivity index (χ0v) is 16.9. The number of nitrogens with zero attached hydrogens (tertiary/aromatic N) is 3. The Bertz CT molecular complexity index is 1180. The lowest BCUT2D eigenvalue weighted by Crippen LogP contribution is -2.52. The Labute approximate surface area is 176 Å². The third-order valence-corrected chi connectivity index (χ3v) is 5.54. The molecule has 0 aliphatic carbocycles. The van der Waals surface area contributed by atoms with E-state index in [9.17, 15) is 18.8 Å². The first-order valence-corrected chi connectivity index (χ1v) is 9.88. The summed E-state index contributed by atoms with van der Waals surface area (Å²) in [6, 6.07) is 10.00. The second-order valence-electron chi connectivity index (χ2n) is 7.12. The summed E-state index contributed by atoms with van der Waals surface area (Å²) in [5.74, 6) is -1.94. The number of halogens is 2. The molecule has 2 aromatic carbocycles. The van der Waals surface area contributed by atoms with Gasteiger partial charge in [-0.05, 0) is 37.3 Å². The largest absolute Gasteiger partial charge is 0.420 e. The molecule has 0 saturated carbocycles. The minimum atomic E-state index is -0.756. The van der Waals surface area contributed by atoms with Gasteiger partial charge in [-0.15, -0.1) is 0 Å². The molecule has 30 heavy (non-hydrogen) atoms. The van der Waals surface area contributed by atoms with E-state index in [0.29, 0.717) is 11.1 Å². The van der Waals surface area contributed by atoms with E-state index in [2.05, 4.69) is 0 Å². The van der Waals surface area contributed by atoms with Crippen molar-refractivity contribution in [3.63, 3.8) is 0 Å². The Kier molecular flexibility index (Phi) is 5.34. The molecule has 156 valence electrons. The number of para-hydroxylation sites is 2. The number of carbonyl (C=O) groups excluding carboxylic acids is 2. The molecule has 1 aliphatic rings. The number of fused-ring (bicyclic) bond motifs is 1. The summed E-state index contributed by atoms with van der Waals surface area (Å²) in [6.07, 6.45) is 0. The van der Waals surface area contributed by atoms with Crippen LogP contribution in [0.2, 0.25) is 5.02 Å². The van der Waals surface area contributed by atoms with E-state index in [4.69, 9.17) is 16.0 Å². The van der Waals surface area contributed by atoms with Crippen molar-refractivity contribution in [1.82, 2.24) is 14.4 Å². The van der Waals surface area contributed by atoms with Gasteiger partial charge in [-0.25, -0.2) is 9.18 Å². The standard InChI is InChI=1S/C21H19ClFN3O4/c1-13(26-17-4-2-3-5-18(17)30-21(26)29)19(27)24-8-10-25(11-9-24)20(28)15-12-14(22)6-7-16(15)23/h2-7,12-13H,8-11H2,1H3. The van der Waals surface area contributed by atoms with Gasteiger partial charge in [-0.1, -0.05) is 23.7 Å². The van der Waals surface area contributed by atoms with E-state index < -0.39 is 23.5 Å². The zero-order chi connectivity index (χ0) is 21.4. The molecule has 2 heterocycles. The highest BCUT2D eigenvalue weighted by Gasteiger charge is 2.30. The molecule has 9 heteroatoms. The Morgan fingerprint density at radius 3 is 2.47 bits per heavy atom. The summed E-state index contributed by atoms with van der Waals surface area (Å²) in [5, 5.41) is 0.278. The van der Waals surface area contributed by atoms with Crippen LogP contribution in [-0.4, -0.2) is 52.4 Å². The van der Waals surface area contributed by atoms with Crippen LogP contribution in [0.5, 0.6) is 0 Å². The molecule has 0 N–H and O–H groups in total. The number of oxazole rings is 1. The Hall–Kier alpha value is -3.13. The molecular weight excluding hydrogens is 413 g/mol. The number of aromatic nitrogens is 1. The van der Waals surface area contributed by atoms with Gasteiger partial charge >= 0.3 is 5.76 Å². The lowest BCUT2D eigenvalue weighted by Gasteiger charge is -2.36. The number of amides is 2. The number of rotatable bonds is 3. The normalized spacial score (nSPS) is 15.4. The highest BCUT2D eigenvalue weighted by molar-refractivity contribution is 6.31. The Balaban J connectivity index is 1.46. The summed E-state index contributed by atoms with van der Waals surface area (Å²) in [4.78, 5) is 40.9. The molecule has 7 nitrogen and oxygen atoms in total. The smallest absolute Gasteiger partial charge is 0.408 e. The van der Waals surface area contributed by atoms with Crippen LogP contribution in [0.1, 0.15) is 23.3 Å². The molecular formula is C21H19ClFN3O4. The van der Waals surface area contributed by atoms with Crippen molar-refractivity contribution < 1.29 is 18.4 Å². The molecule has 1 unspecified atom stereocenters. The minimum absolute atomic E-state index is 0.0907. The zero-order valence-electron chi connectivity index (χ0n) is 16.2. The van der Waals surface area contributed by atoms with Crippen LogP contribution in [0.4, 0.5) is 4.39 Å². The van der Waals surface area contributed by atoms with Crippen molar-refractivity contribution in [2.45, 2.75) is 13.0 Å². The van der Waals surface area contributed by atoms with Crippen LogP contribution in [0.25, 0.3) is 11.1 Å². The van der Waals surface area contributed by atoms with E-state index in [1.54, 1.807) is 36.1 Å². The minimum Gasteiger partial charge on any atom is -0.408 e. The van der Waals surface area contributed by atoms with Gasteiger partial charge in [-0.2, -0.15) is 0 Å². The van der Waals surface area contributed by atoms with E-state index in [-0.39, 0.29) is 42.7 Å². The van der Waals surface area contributed by atoms with Gasteiger partial charge < -0.3 is 14.2 Å². The van der Waals surface area contributed by atoms with E-state index in [0.717, 1.165) is 6.07 Å². The molecule has 3 aromatic rings. The van der Waals surface area contributed by atoms with Crippen molar-refractivity contribution in [2.75, 3.05) is 26.2 Å². The summed E-state index contributed by atoms with van der Waals surface area (Å²) in [6.45, 7) is 2.71. The maximum Gasteiger partial charge on any atom is 0.420 e. The molecule has 0 radical (unpaired) electrons. The molecule has 1 fully saturated rings. The van der Waals surface area contributed by atoms with Crippen LogP contribution in [0, 0.1) is 5.82 Å². The van der Waals surface area contributed by atoms with E-state index >= 15 is 0 Å². The number of piperazine rings is 1. The monoisotopic (exact) mass is 431 g/mol. The highest BCUT2D eigenvalue weighted by Crippen LogP contribution is 2.21. The lowest BCUT2D eigenvalue weighted by atomic mass is 10.1. The fourth-order valence-corrected chi connectivity index (χ4v) is 3.86. The molecule has 1 aliphatic heterocycles. The van der Waals surface area contributed by atoms with Crippen LogP contribution >= 0.6 is 11.6 Å². The maximum atomic E-state index is 14.0. The van der Waals surface area contributed by atoms with Gasteiger partial charge in [0.25, 0.3) is 5.91 Å². The van der Waals surface area contributed by atoms with E-state index in [1.165, 1.54) is 21.6 Å². The van der Waals surface area contributed by atoms with Crippen LogP contribution in [0.3, 0.4) is 0 Å². The van der Waals surface area contributed by atoms with Gasteiger partial charge in [-0.3, -0.25) is 14.2 Å². The molecule has 1 aromatic heterocycles. The number of hydrogen-bond acceptors (Lipinski definition) is 4. The molecule has 4 rings (SSSR count). The summed E-state index contributed by atoms with van der Waals surface area (Å²) >= 11 is 5.88. The maximum absolute atomic E-state index is 14.0. The first kappa shape index (κ1) is 20.2. The van der Waals surface area contributed by atoms with Crippen molar-refractivity contribution in [3.05, 3.63) is 69.4 Å². The number of hydrogen-bond donors (Lipinski definition) is 0. The molecule has 0 spiro atoms. The van der Waals surface area contributed by atoms with Crippen molar-refractivity contribution in [2.24, 2.45) is 0 Å². The van der Waals surface area contributed by atoms with Gasteiger partial charge in [0, 0.05) is 31.2 Å². The second kappa shape index (κ2) is 7.95. The fourth-order valence-electron chi connectivity index (χ4n) is 3.69. The highest BCUT2D eigenvalue weighted by atomic mass is 35.5. The molecule has 1 atom stereocenters. The Morgan fingerprint density at radius 2 is 1.73 bits per heavy atom. The third-order valence-electron chi connectivity index (χ3n) is 5.30. The summed E-state index contributed by atoms with van der Waals surface area (Å²) < 4.78 is 20.5. The predicted molar refractivity (Wildman–Crippen MR) is 109 cm³/mol. The van der Waals surface area contributed by atoms with Gasteiger partial charge in [0.2, 0.25) is 5.91 Å². The molecule has 0 bridgehead atoms. The average molecular weight is 432 g/mol. The SMILES string of the molecule is CC(C(=O)N1CCN(C(=O)c2cc(Cl)ccc2F)CC1)n1c(=O)oc2ccccc21. The first-order chi connectivity index (χ1) is 14.4. The van der Waals surface area contributed by atoms with Gasteiger partial charge in [0.05, 0.1) is 11.1 Å². The number of carbonyl (C=O) groups is 2. The predicted octanol–water partition coefficient (Wildman–Crippen LogP) is 2.93. The van der Waals surface area contributed by atoms with Crippen molar-refractivity contribution >= 4 is 34.5 Å². The number of benzene rings is 2. The van der Waals surface area contributed by atoms with Gasteiger partial charge in [0.1, 0.15) is 11.9 Å². The van der Waals surface area contributed by atoms with Crippen LogP contribution in [0.15, 0.2) is 51.7 Å². The molecule has 2 amide bonds. The summed E-state index contributed by atoms with van der Waals surface area (Å²) in [5.41, 5.74) is 0.877. The Morgan fingerprint density at radius 1 is 1.07 bits per heavy atom. The van der Waals surface area contributed by atoms with Crippen molar-refractivity contribution in [3.8, 4) is 0 Å². The second-order valence-corrected chi connectivity index (χ2v) is 7.56. The fraction of sp³-hybridized carbons (Fsp3) is 0.286. The summed E-state index contributed by atoms with van der Waals surface area (Å²) in [7, 11) is 0. The third kappa shape index (κ3) is 3.59. The molecule has 1 saturated heterocycles. The average Bonchev–Trinajstić information content (AvgIpc) is 3.09. The quantitative estimate of drug-likeness (QED) is 0.639. The van der Waals surface area contributed by atoms with E-state index in [1.807, 2.05) is 0 Å². The van der Waals surface area contributed by atoms with Crippen molar-refractivity contribution in [1.29, 1.82) is 0 Å². The first-order valence-electron chi connectivity index (χ1n) is 9.50.